The molecule has 0 aromatic heterocycles. The van der Waals surface area contributed by atoms with Crippen LogP contribution < -0.4 is 5.32 Å². The Morgan fingerprint density at radius 3 is 2.35 bits per heavy atom. The van der Waals surface area contributed by atoms with Crippen molar-refractivity contribution < 1.29 is 9.47 Å². The zero-order valence-electron chi connectivity index (χ0n) is 11.1. The van der Waals surface area contributed by atoms with E-state index in [9.17, 15) is 0 Å². The molecule has 3 nitrogen and oxygen atoms in total. The Morgan fingerprint density at radius 2 is 1.76 bits per heavy atom. The minimum atomic E-state index is 0.707. The van der Waals surface area contributed by atoms with E-state index in [0.29, 0.717) is 6.61 Å². The lowest BCUT2D eigenvalue weighted by molar-refractivity contribution is 0.0693. The number of hydrogen-bond acceptors (Lipinski definition) is 3. The summed E-state index contributed by atoms with van der Waals surface area (Å²) in [6.07, 6.45) is 7.07. The molecular weight excluding hydrogens is 214 g/mol. The molecule has 2 saturated carbocycles. The molecule has 0 aromatic rings. The topological polar surface area (TPSA) is 30.5 Å². The molecule has 3 heteroatoms. The average molecular weight is 241 g/mol. The second-order valence-electron chi connectivity index (χ2n) is 5.50. The number of nitrogens with one attached hydrogen (secondary N) is 1. The van der Waals surface area contributed by atoms with Crippen LogP contribution in [0, 0.1) is 17.8 Å². The maximum atomic E-state index is 5.44. The van der Waals surface area contributed by atoms with Gasteiger partial charge in [-0.3, -0.25) is 0 Å². The predicted octanol–water partition coefficient (Wildman–Crippen LogP) is 2.07. The molecule has 100 valence electrons. The molecule has 0 aromatic carbocycles. The van der Waals surface area contributed by atoms with Crippen molar-refractivity contribution in [2.24, 2.45) is 17.8 Å². The Hall–Kier alpha value is -0.120. The fraction of sp³-hybridized carbons (Fsp3) is 1.00. The van der Waals surface area contributed by atoms with Crippen LogP contribution >= 0.6 is 0 Å². The molecule has 2 aliphatic rings. The predicted molar refractivity (Wildman–Crippen MR) is 69.1 cm³/mol. The highest BCUT2D eigenvalue weighted by Crippen LogP contribution is 2.48. The molecule has 0 radical (unpaired) electrons. The van der Waals surface area contributed by atoms with E-state index < -0.39 is 0 Å². The Bertz CT molecular complexity index is 190. The van der Waals surface area contributed by atoms with Crippen LogP contribution in [0.3, 0.4) is 0 Å². The molecule has 0 saturated heterocycles. The van der Waals surface area contributed by atoms with Gasteiger partial charge in [-0.05, 0) is 62.9 Å². The van der Waals surface area contributed by atoms with Crippen molar-refractivity contribution in [1.82, 2.24) is 5.32 Å². The molecule has 2 rings (SSSR count). The number of methoxy groups -OCH3 is 1. The molecule has 17 heavy (non-hydrogen) atoms. The zero-order chi connectivity index (χ0) is 11.9. The van der Waals surface area contributed by atoms with Crippen LogP contribution in [0.5, 0.6) is 0 Å². The fourth-order valence-electron chi connectivity index (χ4n) is 2.58. The van der Waals surface area contributed by atoms with Crippen molar-refractivity contribution in [3.05, 3.63) is 0 Å². The van der Waals surface area contributed by atoms with Crippen LogP contribution in [0.1, 0.15) is 32.1 Å². The van der Waals surface area contributed by atoms with Gasteiger partial charge in [-0.1, -0.05) is 0 Å². The van der Waals surface area contributed by atoms with Crippen LogP contribution in [0.25, 0.3) is 0 Å². The second kappa shape index (κ2) is 7.34. The quantitative estimate of drug-likeness (QED) is 0.562. The number of hydrogen-bond donors (Lipinski definition) is 1. The van der Waals surface area contributed by atoms with Gasteiger partial charge in [-0.25, -0.2) is 0 Å². The summed E-state index contributed by atoms with van der Waals surface area (Å²) in [5, 5.41) is 3.61. The van der Waals surface area contributed by atoms with Gasteiger partial charge in [-0.2, -0.15) is 0 Å². The summed E-state index contributed by atoms with van der Waals surface area (Å²) < 4.78 is 10.4. The third kappa shape index (κ3) is 5.36. The van der Waals surface area contributed by atoms with Gasteiger partial charge in [0, 0.05) is 13.7 Å². The van der Waals surface area contributed by atoms with E-state index in [1.165, 1.54) is 32.2 Å². The highest BCUT2D eigenvalue weighted by atomic mass is 16.5. The number of rotatable bonds is 11. The SMILES string of the molecule is COCCOCCCNCC(C1CC1)C1CC1. The lowest BCUT2D eigenvalue weighted by Crippen LogP contribution is -2.27. The van der Waals surface area contributed by atoms with Crippen molar-refractivity contribution in [3.63, 3.8) is 0 Å². The number of ether oxygens (including phenoxy) is 2. The summed E-state index contributed by atoms with van der Waals surface area (Å²) in [7, 11) is 1.71. The standard InChI is InChI=1S/C14H27NO2/c1-16-9-10-17-8-2-7-15-11-14(12-3-4-12)13-5-6-13/h12-15H,2-11H2,1H3. The third-order valence-corrected chi connectivity index (χ3v) is 3.91. The van der Waals surface area contributed by atoms with Gasteiger partial charge in [-0.15, -0.1) is 0 Å². The Morgan fingerprint density at radius 1 is 1.06 bits per heavy atom. The van der Waals surface area contributed by atoms with Gasteiger partial charge in [0.1, 0.15) is 0 Å². The van der Waals surface area contributed by atoms with Gasteiger partial charge >= 0.3 is 0 Å². The molecule has 0 spiro atoms. The van der Waals surface area contributed by atoms with Crippen LogP contribution in [0.15, 0.2) is 0 Å². The molecule has 0 atom stereocenters. The summed E-state index contributed by atoms with van der Waals surface area (Å²) in [4.78, 5) is 0. The fourth-order valence-corrected chi connectivity index (χ4v) is 2.58. The molecule has 1 N–H and O–H groups in total. The normalized spacial score (nSPS) is 20.1. The molecular formula is C14H27NO2. The summed E-state index contributed by atoms with van der Waals surface area (Å²) >= 11 is 0. The molecule has 2 fully saturated rings. The zero-order valence-corrected chi connectivity index (χ0v) is 11.1. The van der Waals surface area contributed by atoms with Crippen LogP contribution in [-0.4, -0.2) is 40.0 Å². The Labute approximate surface area is 105 Å². The van der Waals surface area contributed by atoms with Crippen molar-refractivity contribution in [2.45, 2.75) is 32.1 Å². The van der Waals surface area contributed by atoms with E-state index in [0.717, 1.165) is 43.9 Å². The first-order valence-corrected chi connectivity index (χ1v) is 7.19. The summed E-state index contributed by atoms with van der Waals surface area (Å²) in [6.45, 7) is 4.63. The van der Waals surface area contributed by atoms with Crippen molar-refractivity contribution in [3.8, 4) is 0 Å². The van der Waals surface area contributed by atoms with Crippen LogP contribution in [0.2, 0.25) is 0 Å². The van der Waals surface area contributed by atoms with E-state index in [1.807, 2.05) is 0 Å². The summed E-state index contributed by atoms with van der Waals surface area (Å²) in [5.74, 6) is 3.12. The van der Waals surface area contributed by atoms with Gasteiger partial charge in [0.2, 0.25) is 0 Å². The maximum absolute atomic E-state index is 5.44. The molecule has 0 amide bonds. The van der Waals surface area contributed by atoms with Crippen molar-refractivity contribution >= 4 is 0 Å². The van der Waals surface area contributed by atoms with E-state index in [4.69, 9.17) is 9.47 Å². The smallest absolute Gasteiger partial charge is 0.0700 e. The molecule has 0 heterocycles. The van der Waals surface area contributed by atoms with E-state index in [2.05, 4.69) is 5.32 Å². The lowest BCUT2D eigenvalue weighted by atomic mass is 9.98. The third-order valence-electron chi connectivity index (χ3n) is 3.91. The second-order valence-corrected chi connectivity index (χ2v) is 5.50. The highest BCUT2D eigenvalue weighted by Gasteiger charge is 2.40. The Kier molecular flexibility index (Phi) is 5.75. The van der Waals surface area contributed by atoms with Crippen molar-refractivity contribution in [1.29, 1.82) is 0 Å². The average Bonchev–Trinajstić information content (AvgIpc) is 3.18. The largest absolute Gasteiger partial charge is 0.382 e. The highest BCUT2D eigenvalue weighted by molar-refractivity contribution is 4.92. The molecule has 0 bridgehead atoms. The summed E-state index contributed by atoms with van der Waals surface area (Å²) in [6, 6.07) is 0. The first-order chi connectivity index (χ1) is 8.42. The summed E-state index contributed by atoms with van der Waals surface area (Å²) in [5.41, 5.74) is 0. The Balaban J connectivity index is 1.40. The van der Waals surface area contributed by atoms with E-state index in [-0.39, 0.29) is 0 Å². The lowest BCUT2D eigenvalue weighted by Gasteiger charge is -2.16. The minimum Gasteiger partial charge on any atom is -0.382 e. The van der Waals surface area contributed by atoms with E-state index in [1.54, 1.807) is 7.11 Å². The molecule has 0 unspecified atom stereocenters. The van der Waals surface area contributed by atoms with Crippen molar-refractivity contribution in [2.75, 3.05) is 40.0 Å². The van der Waals surface area contributed by atoms with Gasteiger partial charge < -0.3 is 14.8 Å². The van der Waals surface area contributed by atoms with Gasteiger partial charge in [0.25, 0.3) is 0 Å². The van der Waals surface area contributed by atoms with Gasteiger partial charge in [0.05, 0.1) is 13.2 Å². The molecule has 0 aliphatic heterocycles. The van der Waals surface area contributed by atoms with Crippen LogP contribution in [-0.2, 0) is 9.47 Å². The first kappa shape index (κ1) is 13.3. The monoisotopic (exact) mass is 241 g/mol. The first-order valence-electron chi connectivity index (χ1n) is 7.19. The minimum absolute atomic E-state index is 0.707. The van der Waals surface area contributed by atoms with Gasteiger partial charge in [0.15, 0.2) is 0 Å². The van der Waals surface area contributed by atoms with E-state index >= 15 is 0 Å². The van der Waals surface area contributed by atoms with Crippen LogP contribution in [0.4, 0.5) is 0 Å². The molecule has 2 aliphatic carbocycles. The maximum Gasteiger partial charge on any atom is 0.0700 e.